The number of nitrogens with zero attached hydrogens (tertiary/aromatic N) is 6. The van der Waals surface area contributed by atoms with Crippen molar-refractivity contribution in [3.8, 4) is 28.6 Å². The van der Waals surface area contributed by atoms with Gasteiger partial charge < -0.3 is 14.6 Å². The Balaban J connectivity index is 1.24. The summed E-state index contributed by atoms with van der Waals surface area (Å²) in [5, 5.41) is 21.5. The number of pyridine rings is 1. The maximum absolute atomic E-state index is 13.7. The van der Waals surface area contributed by atoms with Crippen molar-refractivity contribution in [2.24, 2.45) is 7.05 Å². The van der Waals surface area contributed by atoms with Crippen LogP contribution in [0.15, 0.2) is 54.9 Å². The zero-order valence-corrected chi connectivity index (χ0v) is 22.3. The summed E-state index contributed by atoms with van der Waals surface area (Å²) < 4.78 is 7.31. The van der Waals surface area contributed by atoms with Crippen molar-refractivity contribution < 1.29 is 9.53 Å². The van der Waals surface area contributed by atoms with Crippen LogP contribution in [0.25, 0.3) is 22.5 Å². The van der Waals surface area contributed by atoms with E-state index >= 15 is 0 Å². The van der Waals surface area contributed by atoms with Gasteiger partial charge in [0.2, 0.25) is 0 Å². The monoisotopic (exact) mass is 531 g/mol. The summed E-state index contributed by atoms with van der Waals surface area (Å²) in [7, 11) is 1.89. The first-order valence-corrected chi connectivity index (χ1v) is 13.7. The van der Waals surface area contributed by atoms with Gasteiger partial charge in [0.05, 0.1) is 24.8 Å². The summed E-state index contributed by atoms with van der Waals surface area (Å²) in [6.45, 7) is 2.73. The number of hydrogen-bond acceptors (Lipinski definition) is 7. The lowest BCUT2D eigenvalue weighted by molar-refractivity contribution is 0.0996. The molecule has 2 fully saturated rings. The number of fused-ring (bicyclic) bond motifs is 1. The van der Waals surface area contributed by atoms with E-state index in [0.29, 0.717) is 42.3 Å². The molecule has 2 aromatic carbocycles. The molecule has 1 aliphatic carbocycles. The van der Waals surface area contributed by atoms with Gasteiger partial charge in [-0.2, -0.15) is 5.26 Å². The van der Waals surface area contributed by atoms with Gasteiger partial charge in [0.1, 0.15) is 12.1 Å². The topological polar surface area (TPSA) is 109 Å². The van der Waals surface area contributed by atoms with Gasteiger partial charge in [-0.05, 0) is 71.8 Å². The summed E-state index contributed by atoms with van der Waals surface area (Å²) in [5.74, 6) is 1.69. The zero-order valence-electron chi connectivity index (χ0n) is 22.3. The van der Waals surface area contributed by atoms with Crippen LogP contribution in [0.3, 0.4) is 0 Å². The molecule has 1 N–H and O–H groups in total. The first-order chi connectivity index (χ1) is 19.6. The van der Waals surface area contributed by atoms with E-state index in [0.717, 1.165) is 71.6 Å². The van der Waals surface area contributed by atoms with Crippen molar-refractivity contribution in [2.45, 2.75) is 44.3 Å². The molecular formula is C31H29N7O2. The lowest BCUT2D eigenvalue weighted by atomic mass is 9.96. The van der Waals surface area contributed by atoms with Crippen LogP contribution in [-0.2, 0) is 24.9 Å². The van der Waals surface area contributed by atoms with E-state index in [-0.39, 0.29) is 5.91 Å². The van der Waals surface area contributed by atoms with Crippen molar-refractivity contribution in [2.75, 3.05) is 18.1 Å². The van der Waals surface area contributed by atoms with E-state index in [9.17, 15) is 10.1 Å². The molecule has 9 heteroatoms. The Morgan fingerprint density at radius 3 is 2.73 bits per heavy atom. The Hall–Kier alpha value is -4.39. The maximum Gasteiger partial charge on any atom is 0.260 e. The van der Waals surface area contributed by atoms with Gasteiger partial charge in [0.25, 0.3) is 5.91 Å². The number of carbonyl (C=O) groups excluding carboxylic acids is 1. The van der Waals surface area contributed by atoms with E-state index in [1.165, 1.54) is 0 Å². The molecule has 200 valence electrons. The van der Waals surface area contributed by atoms with Crippen molar-refractivity contribution in [1.29, 1.82) is 5.26 Å². The van der Waals surface area contributed by atoms with Crippen LogP contribution in [0.4, 0.5) is 5.82 Å². The van der Waals surface area contributed by atoms with Crippen molar-refractivity contribution in [3.05, 3.63) is 82.8 Å². The second-order valence-corrected chi connectivity index (χ2v) is 10.9. The molecule has 4 heterocycles. The van der Waals surface area contributed by atoms with E-state index in [1.807, 2.05) is 41.9 Å². The van der Waals surface area contributed by atoms with Gasteiger partial charge >= 0.3 is 0 Å². The highest BCUT2D eigenvalue weighted by Gasteiger charge is 2.32. The highest BCUT2D eigenvalue weighted by Crippen LogP contribution is 2.43. The van der Waals surface area contributed by atoms with E-state index in [2.05, 4.69) is 39.8 Å². The van der Waals surface area contributed by atoms with Crippen LogP contribution >= 0.6 is 0 Å². The van der Waals surface area contributed by atoms with Crippen LogP contribution in [0.1, 0.15) is 57.9 Å². The van der Waals surface area contributed by atoms with E-state index in [1.54, 1.807) is 11.2 Å². The highest BCUT2D eigenvalue weighted by molar-refractivity contribution is 6.10. The van der Waals surface area contributed by atoms with Gasteiger partial charge in [-0.25, -0.2) is 4.98 Å². The molecule has 40 heavy (non-hydrogen) atoms. The van der Waals surface area contributed by atoms with Crippen LogP contribution in [0, 0.1) is 11.3 Å². The quantitative estimate of drug-likeness (QED) is 0.378. The Labute approximate surface area is 232 Å². The summed E-state index contributed by atoms with van der Waals surface area (Å²) >= 11 is 0. The summed E-state index contributed by atoms with van der Waals surface area (Å²) in [4.78, 5) is 20.5. The van der Waals surface area contributed by atoms with Gasteiger partial charge in [-0.15, -0.1) is 10.2 Å². The predicted molar refractivity (Wildman–Crippen MR) is 149 cm³/mol. The Bertz CT molecular complexity index is 1660. The molecule has 9 nitrogen and oxygen atoms in total. The maximum atomic E-state index is 13.7. The number of aryl methyl sites for hydroxylation is 1. The first-order valence-electron chi connectivity index (χ1n) is 13.7. The van der Waals surface area contributed by atoms with Gasteiger partial charge in [0.15, 0.2) is 5.82 Å². The fraction of sp³-hybridized carbons (Fsp3) is 0.323. The summed E-state index contributed by atoms with van der Waals surface area (Å²) in [5.41, 5.74) is 7.07. The fourth-order valence-electron chi connectivity index (χ4n) is 5.60. The third kappa shape index (κ3) is 4.55. The normalized spacial score (nSPS) is 18.2. The number of anilines is 1. The molecule has 0 radical (unpaired) electrons. The molecule has 7 rings (SSSR count). The Morgan fingerprint density at radius 2 is 1.98 bits per heavy atom. The number of ether oxygens (including phenoxy) is 1. The fourth-order valence-corrected chi connectivity index (χ4v) is 5.60. The molecular weight excluding hydrogens is 502 g/mol. The standard InChI is InChI=1S/C31H29N7O2/c1-37-18-34-36-30(37)27-10-19(14-32)3-7-25(27)23-12-28(21-5-6-21)35-29(13-23)38-16-22-4-2-20(11-26(22)31(38)39)15-33-24-8-9-40-17-24/h2-4,7,10-13,18,21,24,33H,5-6,8-9,15-17H2,1H3/t24-/m1/s1. The SMILES string of the molecule is Cn1cnnc1-c1cc(C#N)ccc1-c1cc(C2CC2)nc(N2Cc3ccc(CN[C@@H]4CCOC4)cc3C2=O)c1. The molecule has 1 atom stereocenters. The molecule has 0 spiro atoms. The van der Waals surface area contributed by atoms with Crippen LogP contribution in [0.5, 0.6) is 0 Å². The molecule has 4 aromatic rings. The number of carbonyl (C=O) groups is 1. The number of aromatic nitrogens is 4. The van der Waals surface area contributed by atoms with Crippen LogP contribution in [-0.4, -0.2) is 44.9 Å². The van der Waals surface area contributed by atoms with Gasteiger partial charge in [-0.3, -0.25) is 9.69 Å². The Morgan fingerprint density at radius 1 is 1.07 bits per heavy atom. The van der Waals surface area contributed by atoms with Crippen LogP contribution in [0.2, 0.25) is 0 Å². The number of hydrogen-bond donors (Lipinski definition) is 1. The first kappa shape index (κ1) is 24.6. The van der Waals surface area contributed by atoms with Crippen molar-refractivity contribution in [1.82, 2.24) is 25.1 Å². The number of amides is 1. The molecule has 3 aliphatic rings. The molecule has 0 unspecified atom stereocenters. The average Bonchev–Trinajstić information content (AvgIpc) is 3.37. The van der Waals surface area contributed by atoms with E-state index in [4.69, 9.17) is 9.72 Å². The highest BCUT2D eigenvalue weighted by atomic mass is 16.5. The largest absolute Gasteiger partial charge is 0.380 e. The minimum Gasteiger partial charge on any atom is -0.380 e. The Kier molecular flexibility index (Phi) is 6.14. The third-order valence-corrected chi connectivity index (χ3v) is 8.02. The number of nitrogens with one attached hydrogen (secondary N) is 1. The second-order valence-electron chi connectivity index (χ2n) is 10.9. The minimum atomic E-state index is -0.0270. The lowest BCUT2D eigenvalue weighted by Crippen LogP contribution is -2.28. The van der Waals surface area contributed by atoms with Crippen molar-refractivity contribution >= 4 is 11.7 Å². The molecule has 1 amide bonds. The van der Waals surface area contributed by atoms with Gasteiger partial charge in [-0.1, -0.05) is 18.2 Å². The zero-order chi connectivity index (χ0) is 27.2. The molecule has 2 aliphatic heterocycles. The summed E-state index contributed by atoms with van der Waals surface area (Å²) in [6, 6.07) is 18.5. The lowest BCUT2D eigenvalue weighted by Gasteiger charge is -2.18. The summed E-state index contributed by atoms with van der Waals surface area (Å²) in [6.07, 6.45) is 4.85. The third-order valence-electron chi connectivity index (χ3n) is 8.02. The van der Waals surface area contributed by atoms with Crippen LogP contribution < -0.4 is 10.2 Å². The molecule has 2 aromatic heterocycles. The molecule has 1 saturated carbocycles. The van der Waals surface area contributed by atoms with Gasteiger partial charge in [0, 0.05) is 49.0 Å². The van der Waals surface area contributed by atoms with Crippen molar-refractivity contribution in [3.63, 3.8) is 0 Å². The average molecular weight is 532 g/mol. The molecule has 0 bridgehead atoms. The smallest absolute Gasteiger partial charge is 0.260 e. The number of rotatable bonds is 7. The number of benzene rings is 2. The minimum absolute atomic E-state index is 0.0270. The second kappa shape index (κ2) is 9.97. The van der Waals surface area contributed by atoms with E-state index < -0.39 is 0 Å². The number of nitriles is 1. The molecule has 1 saturated heterocycles. The predicted octanol–water partition coefficient (Wildman–Crippen LogP) is 4.33.